The van der Waals surface area contributed by atoms with Gasteiger partial charge in [-0.2, -0.15) is 0 Å². The molecule has 1 saturated heterocycles. The number of hydrogen-bond acceptors (Lipinski definition) is 3. The van der Waals surface area contributed by atoms with Crippen LogP contribution in [0.2, 0.25) is 0 Å². The molecule has 5 rings (SSSR count). The van der Waals surface area contributed by atoms with Crippen molar-refractivity contribution in [2.45, 2.75) is 46.1 Å². The number of carbonyl (C=O) groups excluding carboxylic acids is 1. The number of benzene rings is 3. The molecule has 1 aliphatic rings. The average Bonchev–Trinajstić information content (AvgIpc) is 3.42. The highest BCUT2D eigenvalue weighted by molar-refractivity contribution is 5.96. The second-order valence-electron chi connectivity index (χ2n) is 9.13. The minimum atomic E-state index is 0.0485. The third kappa shape index (κ3) is 4.30. The van der Waals surface area contributed by atoms with Crippen molar-refractivity contribution in [3.8, 4) is 5.75 Å². The Morgan fingerprint density at radius 3 is 2.56 bits per heavy atom. The molecule has 3 aromatic carbocycles. The number of anilines is 1. The van der Waals surface area contributed by atoms with Gasteiger partial charge >= 0.3 is 0 Å². The zero-order valence-corrected chi connectivity index (χ0v) is 20.1. The van der Waals surface area contributed by atoms with E-state index >= 15 is 0 Å². The molecule has 1 atom stereocenters. The number of carbonyl (C=O) groups is 1. The van der Waals surface area contributed by atoms with Crippen LogP contribution in [0.5, 0.6) is 5.75 Å². The number of para-hydroxylation sites is 2. The summed E-state index contributed by atoms with van der Waals surface area (Å²) in [7, 11) is 0. The Kier molecular flexibility index (Phi) is 6.10. The molecular weight excluding hydrogens is 422 g/mol. The highest BCUT2D eigenvalue weighted by Gasteiger charge is 2.34. The summed E-state index contributed by atoms with van der Waals surface area (Å²) < 4.78 is 8.32. The second kappa shape index (κ2) is 9.34. The molecule has 4 aromatic rings. The van der Waals surface area contributed by atoms with Gasteiger partial charge in [-0.15, -0.1) is 0 Å². The first-order valence-electron chi connectivity index (χ1n) is 12.1. The molecule has 1 fully saturated rings. The van der Waals surface area contributed by atoms with Crippen molar-refractivity contribution in [1.29, 1.82) is 0 Å². The van der Waals surface area contributed by atoms with Crippen LogP contribution in [0.25, 0.3) is 11.0 Å². The molecule has 0 bridgehead atoms. The third-order valence-corrected chi connectivity index (χ3v) is 6.89. The van der Waals surface area contributed by atoms with Gasteiger partial charge in [0.15, 0.2) is 0 Å². The molecule has 5 heteroatoms. The lowest BCUT2D eigenvalue weighted by molar-refractivity contribution is -0.117. The smallest absolute Gasteiger partial charge is 0.227 e. The van der Waals surface area contributed by atoms with E-state index in [0.29, 0.717) is 26.1 Å². The van der Waals surface area contributed by atoms with Crippen LogP contribution in [0.15, 0.2) is 66.7 Å². The number of nitrogens with zero attached hydrogens (tertiary/aromatic N) is 3. The van der Waals surface area contributed by atoms with Gasteiger partial charge in [-0.25, -0.2) is 4.98 Å². The Bertz CT molecular complexity index is 1320. The molecular formula is C29H31N3O2. The monoisotopic (exact) mass is 453 g/mol. The summed E-state index contributed by atoms with van der Waals surface area (Å²) in [6.45, 7) is 8.21. The van der Waals surface area contributed by atoms with Gasteiger partial charge in [0, 0.05) is 24.6 Å². The summed E-state index contributed by atoms with van der Waals surface area (Å²) in [6.07, 6.45) is 1.46. The normalized spacial score (nSPS) is 15.9. The summed E-state index contributed by atoms with van der Waals surface area (Å²) in [5.74, 6) is 2.05. The van der Waals surface area contributed by atoms with E-state index < -0.39 is 0 Å². The van der Waals surface area contributed by atoms with E-state index in [1.807, 2.05) is 29.2 Å². The van der Waals surface area contributed by atoms with Gasteiger partial charge in [0.05, 0.1) is 17.6 Å². The van der Waals surface area contributed by atoms with E-state index in [2.05, 4.69) is 67.8 Å². The van der Waals surface area contributed by atoms with E-state index in [-0.39, 0.29) is 11.8 Å². The number of imidazole rings is 1. The first kappa shape index (κ1) is 22.2. The van der Waals surface area contributed by atoms with Crippen molar-refractivity contribution < 1.29 is 9.53 Å². The number of ether oxygens (including phenoxy) is 1. The number of rotatable bonds is 7. The van der Waals surface area contributed by atoms with E-state index in [1.54, 1.807) is 0 Å². The lowest BCUT2D eigenvalue weighted by Crippen LogP contribution is -2.24. The van der Waals surface area contributed by atoms with Crippen molar-refractivity contribution in [1.82, 2.24) is 9.55 Å². The van der Waals surface area contributed by atoms with Gasteiger partial charge in [-0.05, 0) is 73.4 Å². The minimum Gasteiger partial charge on any atom is -0.492 e. The summed E-state index contributed by atoms with van der Waals surface area (Å²) in [5.41, 5.74) is 6.77. The molecule has 1 unspecified atom stereocenters. The maximum absolute atomic E-state index is 13.0. The fourth-order valence-electron chi connectivity index (χ4n) is 4.74. The average molecular weight is 454 g/mol. The van der Waals surface area contributed by atoms with Gasteiger partial charge in [0.2, 0.25) is 5.91 Å². The van der Waals surface area contributed by atoms with Crippen LogP contribution in [-0.2, 0) is 17.8 Å². The molecule has 0 spiro atoms. The zero-order valence-electron chi connectivity index (χ0n) is 20.1. The van der Waals surface area contributed by atoms with Crippen LogP contribution in [0.1, 0.15) is 41.8 Å². The SMILES string of the molecule is CCc1ccc(N2CC(c3nc4ccccc4n3CCOc3ccc(C)c(C)c3)CC2=O)cc1. The predicted octanol–water partition coefficient (Wildman–Crippen LogP) is 5.82. The molecule has 1 aromatic heterocycles. The summed E-state index contributed by atoms with van der Waals surface area (Å²) in [4.78, 5) is 19.8. The number of fused-ring (bicyclic) bond motifs is 1. The minimum absolute atomic E-state index is 0.0485. The van der Waals surface area contributed by atoms with E-state index in [9.17, 15) is 4.79 Å². The fourth-order valence-corrected chi connectivity index (χ4v) is 4.74. The maximum atomic E-state index is 13.0. The highest BCUT2D eigenvalue weighted by atomic mass is 16.5. The van der Waals surface area contributed by atoms with Crippen LogP contribution in [0.4, 0.5) is 5.69 Å². The first-order chi connectivity index (χ1) is 16.5. The lowest BCUT2D eigenvalue weighted by atomic mass is 10.1. The second-order valence-corrected chi connectivity index (χ2v) is 9.13. The summed E-state index contributed by atoms with van der Waals surface area (Å²) in [5, 5.41) is 0. The zero-order chi connectivity index (χ0) is 23.7. The molecule has 5 nitrogen and oxygen atoms in total. The number of amides is 1. The molecule has 0 aliphatic carbocycles. The Morgan fingerprint density at radius 1 is 1.00 bits per heavy atom. The summed E-state index contributed by atoms with van der Waals surface area (Å²) >= 11 is 0. The van der Waals surface area contributed by atoms with E-state index in [0.717, 1.165) is 34.7 Å². The number of aryl methyl sites for hydroxylation is 3. The maximum Gasteiger partial charge on any atom is 0.227 e. The quantitative estimate of drug-likeness (QED) is 0.354. The molecule has 0 N–H and O–H groups in total. The molecule has 1 aliphatic heterocycles. The number of aromatic nitrogens is 2. The van der Waals surface area contributed by atoms with Gasteiger partial charge in [0.1, 0.15) is 18.2 Å². The third-order valence-electron chi connectivity index (χ3n) is 6.89. The van der Waals surface area contributed by atoms with Crippen molar-refractivity contribution in [2.24, 2.45) is 0 Å². The van der Waals surface area contributed by atoms with Crippen molar-refractivity contribution in [3.63, 3.8) is 0 Å². The van der Waals surface area contributed by atoms with Crippen LogP contribution >= 0.6 is 0 Å². The Labute approximate surface area is 201 Å². The number of hydrogen-bond donors (Lipinski definition) is 0. The predicted molar refractivity (Wildman–Crippen MR) is 137 cm³/mol. The van der Waals surface area contributed by atoms with E-state index in [1.165, 1.54) is 16.7 Å². The van der Waals surface area contributed by atoms with E-state index in [4.69, 9.17) is 9.72 Å². The molecule has 174 valence electrons. The molecule has 1 amide bonds. The topological polar surface area (TPSA) is 47.4 Å². The fraction of sp³-hybridized carbons (Fsp3) is 0.310. The Hall–Kier alpha value is -3.60. The van der Waals surface area contributed by atoms with Gasteiger partial charge < -0.3 is 14.2 Å². The van der Waals surface area contributed by atoms with Gasteiger partial charge in [0.25, 0.3) is 0 Å². The highest BCUT2D eigenvalue weighted by Crippen LogP contribution is 2.33. The standard InChI is InChI=1S/C29H31N3O2/c1-4-22-10-12-24(13-11-22)32-19-23(18-28(32)33)29-30-26-7-5-6-8-27(26)31(29)15-16-34-25-14-9-20(2)21(3)17-25/h5-14,17,23H,4,15-16,18-19H2,1-3H3. The summed E-state index contributed by atoms with van der Waals surface area (Å²) in [6, 6.07) is 22.7. The molecule has 2 heterocycles. The lowest BCUT2D eigenvalue weighted by Gasteiger charge is -2.18. The van der Waals surface area contributed by atoms with Crippen molar-refractivity contribution in [3.05, 3.63) is 89.2 Å². The van der Waals surface area contributed by atoms with Crippen molar-refractivity contribution in [2.75, 3.05) is 18.1 Å². The molecule has 34 heavy (non-hydrogen) atoms. The van der Waals surface area contributed by atoms with Crippen LogP contribution in [0, 0.1) is 13.8 Å². The molecule has 0 radical (unpaired) electrons. The van der Waals surface area contributed by atoms with Crippen LogP contribution in [0.3, 0.4) is 0 Å². The van der Waals surface area contributed by atoms with Crippen LogP contribution in [-0.4, -0.2) is 28.6 Å². The van der Waals surface area contributed by atoms with Crippen LogP contribution < -0.4 is 9.64 Å². The van der Waals surface area contributed by atoms with Gasteiger partial charge in [-0.3, -0.25) is 4.79 Å². The van der Waals surface area contributed by atoms with Gasteiger partial charge in [-0.1, -0.05) is 37.3 Å². The van der Waals surface area contributed by atoms with Crippen molar-refractivity contribution >= 4 is 22.6 Å². The first-order valence-corrected chi connectivity index (χ1v) is 12.1. The largest absolute Gasteiger partial charge is 0.492 e. The Morgan fingerprint density at radius 2 is 1.79 bits per heavy atom. The Balaban J connectivity index is 1.38. The molecule has 0 saturated carbocycles.